The summed E-state index contributed by atoms with van der Waals surface area (Å²) in [6, 6.07) is 16.5. The van der Waals surface area contributed by atoms with Crippen LogP contribution in [0, 0.1) is 0 Å². The molecule has 4 nitrogen and oxygen atoms in total. The summed E-state index contributed by atoms with van der Waals surface area (Å²) < 4.78 is 45.4. The second-order valence-electron chi connectivity index (χ2n) is 7.56. The molecule has 0 aliphatic heterocycles. The van der Waals surface area contributed by atoms with Crippen LogP contribution in [-0.4, -0.2) is 17.1 Å². The van der Waals surface area contributed by atoms with Gasteiger partial charge in [-0.2, -0.15) is 13.2 Å². The lowest BCUT2D eigenvalue weighted by molar-refractivity contribution is -0.139. The summed E-state index contributed by atoms with van der Waals surface area (Å²) in [6.07, 6.45) is -3.18. The molecule has 3 aromatic rings. The standard InChI is InChI=1S/C24H20F3NO3/c25-24(26,27)16-5-3-4-15(12-16)18-6-1-2-7-21(18)31-17-10-8-14-9-11-20(28)22(23(29)30)19(14)13-17/h1-8,10,12-13,20,22H,9,11,28H2,(H,29,30). The highest BCUT2D eigenvalue weighted by atomic mass is 19.4. The van der Waals surface area contributed by atoms with Crippen molar-refractivity contribution in [1.82, 2.24) is 0 Å². The number of carboxylic acid groups (broad SMARTS) is 1. The fourth-order valence-electron chi connectivity index (χ4n) is 3.97. The third kappa shape index (κ3) is 4.27. The minimum Gasteiger partial charge on any atom is -0.481 e. The predicted molar refractivity (Wildman–Crippen MR) is 110 cm³/mol. The Bertz CT molecular complexity index is 1130. The molecule has 1 aliphatic carbocycles. The summed E-state index contributed by atoms with van der Waals surface area (Å²) in [5.74, 6) is -1.05. The van der Waals surface area contributed by atoms with Crippen LogP contribution in [0.4, 0.5) is 13.2 Å². The van der Waals surface area contributed by atoms with E-state index in [1.165, 1.54) is 6.07 Å². The van der Waals surface area contributed by atoms with Crippen molar-refractivity contribution in [1.29, 1.82) is 0 Å². The van der Waals surface area contributed by atoms with E-state index in [4.69, 9.17) is 10.5 Å². The SMILES string of the molecule is NC1CCc2ccc(Oc3ccccc3-c3cccc(C(F)(F)F)c3)cc2C1C(=O)O. The maximum atomic E-state index is 13.1. The van der Waals surface area contributed by atoms with Gasteiger partial charge in [-0.25, -0.2) is 0 Å². The largest absolute Gasteiger partial charge is 0.481 e. The summed E-state index contributed by atoms with van der Waals surface area (Å²) >= 11 is 0. The van der Waals surface area contributed by atoms with Crippen LogP contribution >= 0.6 is 0 Å². The zero-order valence-corrected chi connectivity index (χ0v) is 16.4. The zero-order valence-electron chi connectivity index (χ0n) is 16.4. The Morgan fingerprint density at radius 3 is 2.55 bits per heavy atom. The maximum absolute atomic E-state index is 13.1. The van der Waals surface area contributed by atoms with Gasteiger partial charge in [0.1, 0.15) is 11.5 Å². The van der Waals surface area contributed by atoms with Crippen LogP contribution in [0.25, 0.3) is 11.1 Å². The average molecular weight is 427 g/mol. The number of fused-ring (bicyclic) bond motifs is 1. The highest BCUT2D eigenvalue weighted by Gasteiger charge is 2.33. The molecular formula is C24H20F3NO3. The molecule has 31 heavy (non-hydrogen) atoms. The number of carbonyl (C=O) groups is 1. The topological polar surface area (TPSA) is 72.5 Å². The third-order valence-corrected chi connectivity index (χ3v) is 5.51. The van der Waals surface area contributed by atoms with E-state index < -0.39 is 29.7 Å². The van der Waals surface area contributed by atoms with E-state index >= 15 is 0 Å². The van der Waals surface area contributed by atoms with Crippen molar-refractivity contribution in [2.24, 2.45) is 5.73 Å². The number of nitrogens with two attached hydrogens (primary N) is 1. The quantitative estimate of drug-likeness (QED) is 0.568. The number of hydrogen-bond donors (Lipinski definition) is 2. The van der Waals surface area contributed by atoms with E-state index in [-0.39, 0.29) is 0 Å². The lowest BCUT2D eigenvalue weighted by Crippen LogP contribution is -2.37. The molecule has 0 saturated carbocycles. The molecule has 3 aromatic carbocycles. The Morgan fingerprint density at radius 1 is 1.03 bits per heavy atom. The summed E-state index contributed by atoms with van der Waals surface area (Å²) in [4.78, 5) is 11.7. The molecule has 0 fully saturated rings. The van der Waals surface area contributed by atoms with Crippen molar-refractivity contribution >= 4 is 5.97 Å². The summed E-state index contributed by atoms with van der Waals surface area (Å²) in [5.41, 5.74) is 7.68. The van der Waals surface area contributed by atoms with Gasteiger partial charge in [-0.1, -0.05) is 36.4 Å². The zero-order chi connectivity index (χ0) is 22.2. The number of carboxylic acids is 1. The molecule has 0 aromatic heterocycles. The summed E-state index contributed by atoms with van der Waals surface area (Å²) in [5, 5.41) is 9.61. The molecule has 0 bridgehead atoms. The number of halogens is 3. The van der Waals surface area contributed by atoms with Crippen molar-refractivity contribution in [3.05, 3.63) is 83.4 Å². The molecule has 0 saturated heterocycles. The van der Waals surface area contributed by atoms with Crippen LogP contribution in [0.5, 0.6) is 11.5 Å². The monoisotopic (exact) mass is 427 g/mol. The molecule has 160 valence electrons. The summed E-state index contributed by atoms with van der Waals surface area (Å²) in [6.45, 7) is 0. The molecule has 1 aliphatic rings. The van der Waals surface area contributed by atoms with Crippen LogP contribution < -0.4 is 10.5 Å². The molecule has 2 unspecified atom stereocenters. The van der Waals surface area contributed by atoms with Gasteiger partial charge in [0, 0.05) is 11.6 Å². The van der Waals surface area contributed by atoms with E-state index in [2.05, 4.69) is 0 Å². The van der Waals surface area contributed by atoms with Gasteiger partial charge in [0.15, 0.2) is 0 Å². The lowest BCUT2D eigenvalue weighted by atomic mass is 9.79. The van der Waals surface area contributed by atoms with E-state index in [0.717, 1.165) is 17.7 Å². The first-order valence-electron chi connectivity index (χ1n) is 9.80. The molecule has 0 spiro atoms. The van der Waals surface area contributed by atoms with Gasteiger partial charge in [0.25, 0.3) is 0 Å². The van der Waals surface area contributed by atoms with E-state index in [9.17, 15) is 23.1 Å². The number of aryl methyl sites for hydroxylation is 1. The molecule has 3 N–H and O–H groups in total. The van der Waals surface area contributed by atoms with Gasteiger partial charge < -0.3 is 15.6 Å². The fraction of sp³-hybridized carbons (Fsp3) is 0.208. The van der Waals surface area contributed by atoms with Crippen LogP contribution in [0.1, 0.15) is 29.0 Å². The Labute approximate surface area is 177 Å². The number of ether oxygens (including phenoxy) is 1. The number of alkyl halides is 3. The number of aliphatic carboxylic acids is 1. The number of benzene rings is 3. The van der Waals surface area contributed by atoms with E-state index in [0.29, 0.717) is 41.0 Å². The highest BCUT2D eigenvalue weighted by molar-refractivity contribution is 5.78. The van der Waals surface area contributed by atoms with Crippen molar-refractivity contribution in [3.63, 3.8) is 0 Å². The normalized spacial score (nSPS) is 18.3. The minimum absolute atomic E-state index is 0.369. The first kappa shape index (κ1) is 20.9. The van der Waals surface area contributed by atoms with Crippen molar-refractivity contribution in [2.45, 2.75) is 31.0 Å². The molecule has 0 amide bonds. The number of hydrogen-bond acceptors (Lipinski definition) is 3. The van der Waals surface area contributed by atoms with Gasteiger partial charge in [0.2, 0.25) is 0 Å². The maximum Gasteiger partial charge on any atom is 0.416 e. The third-order valence-electron chi connectivity index (χ3n) is 5.51. The fourth-order valence-corrected chi connectivity index (χ4v) is 3.97. The summed E-state index contributed by atoms with van der Waals surface area (Å²) in [7, 11) is 0. The Morgan fingerprint density at radius 2 is 1.81 bits per heavy atom. The van der Waals surface area contributed by atoms with Crippen LogP contribution in [0.2, 0.25) is 0 Å². The predicted octanol–water partition coefficient (Wildman–Crippen LogP) is 5.61. The number of para-hydroxylation sites is 1. The van der Waals surface area contributed by atoms with Gasteiger partial charge in [-0.15, -0.1) is 0 Å². The molecular weight excluding hydrogens is 407 g/mol. The van der Waals surface area contributed by atoms with Crippen molar-refractivity contribution < 1.29 is 27.8 Å². The highest BCUT2D eigenvalue weighted by Crippen LogP contribution is 2.39. The lowest BCUT2D eigenvalue weighted by Gasteiger charge is -2.28. The van der Waals surface area contributed by atoms with Gasteiger partial charge in [-0.3, -0.25) is 4.79 Å². The van der Waals surface area contributed by atoms with Crippen molar-refractivity contribution in [2.75, 3.05) is 0 Å². The van der Waals surface area contributed by atoms with Gasteiger partial charge in [0.05, 0.1) is 11.5 Å². The smallest absolute Gasteiger partial charge is 0.416 e. The van der Waals surface area contributed by atoms with Gasteiger partial charge >= 0.3 is 12.1 Å². The van der Waals surface area contributed by atoms with Crippen LogP contribution in [0.3, 0.4) is 0 Å². The van der Waals surface area contributed by atoms with E-state index in [1.807, 2.05) is 6.07 Å². The Kier molecular flexibility index (Phi) is 5.45. The Hall–Kier alpha value is -3.32. The molecule has 7 heteroatoms. The van der Waals surface area contributed by atoms with Crippen LogP contribution in [-0.2, 0) is 17.4 Å². The van der Waals surface area contributed by atoms with E-state index in [1.54, 1.807) is 42.5 Å². The second kappa shape index (κ2) is 8.07. The molecule has 4 rings (SSSR count). The molecule has 2 atom stereocenters. The Balaban J connectivity index is 1.71. The average Bonchev–Trinajstić information content (AvgIpc) is 2.73. The number of rotatable bonds is 4. The minimum atomic E-state index is -4.45. The first-order chi connectivity index (χ1) is 14.7. The van der Waals surface area contributed by atoms with Crippen molar-refractivity contribution in [3.8, 4) is 22.6 Å². The first-order valence-corrected chi connectivity index (χ1v) is 9.80. The molecule has 0 radical (unpaired) electrons. The second-order valence-corrected chi connectivity index (χ2v) is 7.56. The van der Waals surface area contributed by atoms with Crippen LogP contribution in [0.15, 0.2) is 66.7 Å². The van der Waals surface area contributed by atoms with Gasteiger partial charge in [-0.05, 0) is 59.9 Å². The molecule has 0 heterocycles.